The fourth-order valence-corrected chi connectivity index (χ4v) is 2.94. The molecule has 0 aliphatic heterocycles. The van der Waals surface area contributed by atoms with Crippen LogP contribution in [0.3, 0.4) is 0 Å². The van der Waals surface area contributed by atoms with E-state index in [1.807, 2.05) is 26.0 Å². The summed E-state index contributed by atoms with van der Waals surface area (Å²) in [7, 11) is 0. The lowest BCUT2D eigenvalue weighted by Crippen LogP contribution is -1.91. The monoisotopic (exact) mass is 360 g/mol. The Kier molecular flexibility index (Phi) is 5.61. The lowest BCUT2D eigenvalue weighted by molar-refractivity contribution is -0.384. The van der Waals surface area contributed by atoms with E-state index in [0.29, 0.717) is 16.7 Å². The number of nitrogens with zero attached hydrogens (tertiary/aromatic N) is 2. The van der Waals surface area contributed by atoms with E-state index in [-0.39, 0.29) is 15.7 Å². The van der Waals surface area contributed by atoms with Crippen molar-refractivity contribution in [3.05, 3.63) is 67.2 Å². The minimum atomic E-state index is -0.552. The van der Waals surface area contributed by atoms with Crippen LogP contribution in [0.2, 0.25) is 10.0 Å². The second kappa shape index (κ2) is 7.48. The van der Waals surface area contributed by atoms with Gasteiger partial charge in [0.15, 0.2) is 0 Å². The van der Waals surface area contributed by atoms with Gasteiger partial charge in [-0.05, 0) is 30.5 Å². The number of rotatable bonds is 4. The molecule has 0 aliphatic carbocycles. The van der Waals surface area contributed by atoms with Crippen molar-refractivity contribution in [2.45, 2.75) is 20.3 Å². The Labute approximate surface area is 150 Å². The van der Waals surface area contributed by atoms with E-state index in [9.17, 15) is 15.4 Å². The molecular formula is C18H14Cl2N2O2. The first-order valence-electron chi connectivity index (χ1n) is 7.22. The zero-order valence-electron chi connectivity index (χ0n) is 13.1. The third-order valence-corrected chi connectivity index (χ3v) is 4.26. The Balaban J connectivity index is 2.59. The SMILES string of the molecule is CCC(C)=Cc1ccc(-c2c(Cl)cc([N+](=O)[O-])cc2Cl)cc1C#N. The Morgan fingerprint density at radius 2 is 1.92 bits per heavy atom. The van der Waals surface area contributed by atoms with E-state index in [4.69, 9.17) is 23.2 Å². The van der Waals surface area contributed by atoms with Gasteiger partial charge in [-0.25, -0.2) is 0 Å². The Morgan fingerprint density at radius 1 is 1.29 bits per heavy atom. The lowest BCUT2D eigenvalue weighted by atomic mass is 9.98. The molecule has 0 saturated carbocycles. The van der Waals surface area contributed by atoms with Crippen LogP contribution in [-0.2, 0) is 0 Å². The highest BCUT2D eigenvalue weighted by Gasteiger charge is 2.16. The van der Waals surface area contributed by atoms with Gasteiger partial charge in [0.25, 0.3) is 5.69 Å². The van der Waals surface area contributed by atoms with Crippen LogP contribution in [0.25, 0.3) is 17.2 Å². The van der Waals surface area contributed by atoms with Gasteiger partial charge in [-0.1, -0.05) is 53.9 Å². The first-order valence-corrected chi connectivity index (χ1v) is 7.98. The van der Waals surface area contributed by atoms with Crippen LogP contribution in [0.15, 0.2) is 35.9 Å². The minimum absolute atomic E-state index is 0.172. The van der Waals surface area contributed by atoms with E-state index in [2.05, 4.69) is 6.07 Å². The van der Waals surface area contributed by atoms with Crippen molar-refractivity contribution >= 4 is 35.0 Å². The normalized spacial score (nSPS) is 11.2. The summed E-state index contributed by atoms with van der Waals surface area (Å²) in [4.78, 5) is 10.3. The van der Waals surface area contributed by atoms with Crippen LogP contribution in [0.5, 0.6) is 0 Å². The van der Waals surface area contributed by atoms with Gasteiger partial charge in [0.1, 0.15) is 0 Å². The highest BCUT2D eigenvalue weighted by Crippen LogP contribution is 2.38. The summed E-state index contributed by atoms with van der Waals surface area (Å²) >= 11 is 12.3. The molecule has 0 heterocycles. The van der Waals surface area contributed by atoms with Crippen molar-refractivity contribution in [3.63, 3.8) is 0 Å². The number of allylic oxidation sites excluding steroid dienone is 1. The maximum absolute atomic E-state index is 10.9. The number of nitro groups is 1. The highest BCUT2D eigenvalue weighted by molar-refractivity contribution is 6.39. The molecule has 0 radical (unpaired) electrons. The molecule has 0 aliphatic rings. The maximum atomic E-state index is 10.9. The van der Waals surface area contributed by atoms with Crippen LogP contribution in [0, 0.1) is 21.4 Å². The van der Waals surface area contributed by atoms with Crippen molar-refractivity contribution in [2.24, 2.45) is 0 Å². The van der Waals surface area contributed by atoms with Crippen molar-refractivity contribution in [3.8, 4) is 17.2 Å². The molecule has 0 fully saturated rings. The average molecular weight is 361 g/mol. The summed E-state index contributed by atoms with van der Waals surface area (Å²) in [5.74, 6) is 0. The van der Waals surface area contributed by atoms with Crippen LogP contribution in [-0.4, -0.2) is 4.92 Å². The maximum Gasteiger partial charge on any atom is 0.272 e. The summed E-state index contributed by atoms with van der Waals surface area (Å²) in [5.41, 5.74) is 3.41. The number of nitriles is 1. The topological polar surface area (TPSA) is 66.9 Å². The first kappa shape index (κ1) is 18.0. The largest absolute Gasteiger partial charge is 0.272 e. The fraction of sp³-hybridized carbons (Fsp3) is 0.167. The third kappa shape index (κ3) is 3.76. The molecule has 24 heavy (non-hydrogen) atoms. The fourth-order valence-electron chi connectivity index (χ4n) is 2.24. The number of nitro benzene ring substituents is 1. The van der Waals surface area contributed by atoms with Crippen LogP contribution >= 0.6 is 23.2 Å². The summed E-state index contributed by atoms with van der Waals surface area (Å²) in [6.07, 6.45) is 2.86. The van der Waals surface area contributed by atoms with Crippen molar-refractivity contribution in [2.75, 3.05) is 0 Å². The second-order valence-electron chi connectivity index (χ2n) is 5.30. The predicted molar refractivity (Wildman–Crippen MR) is 97.2 cm³/mol. The van der Waals surface area contributed by atoms with E-state index in [0.717, 1.165) is 17.6 Å². The number of hydrogen-bond acceptors (Lipinski definition) is 3. The third-order valence-electron chi connectivity index (χ3n) is 3.66. The van der Waals surface area contributed by atoms with Crippen LogP contribution < -0.4 is 0 Å². The standard InChI is InChI=1S/C18H14Cl2N2O2/c1-3-11(2)6-12-4-5-13(7-14(12)10-21)18-16(19)8-15(22(23)24)9-17(18)20/h4-9H,3H2,1-2H3. The second-order valence-corrected chi connectivity index (χ2v) is 6.11. The van der Waals surface area contributed by atoms with E-state index in [1.54, 1.807) is 12.1 Å². The first-order chi connectivity index (χ1) is 11.4. The van der Waals surface area contributed by atoms with E-state index < -0.39 is 4.92 Å². The molecule has 0 amide bonds. The molecule has 0 saturated heterocycles. The molecule has 0 atom stereocenters. The molecule has 2 rings (SSSR count). The Morgan fingerprint density at radius 3 is 2.42 bits per heavy atom. The number of hydrogen-bond donors (Lipinski definition) is 0. The summed E-state index contributed by atoms with van der Waals surface area (Å²) in [5, 5.41) is 20.6. The Bertz CT molecular complexity index is 860. The average Bonchev–Trinajstić information content (AvgIpc) is 2.54. The molecule has 2 aromatic carbocycles. The molecule has 0 bridgehead atoms. The van der Waals surface area contributed by atoms with Gasteiger partial charge in [-0.15, -0.1) is 0 Å². The van der Waals surface area contributed by atoms with Crippen LogP contribution in [0.1, 0.15) is 31.4 Å². The highest BCUT2D eigenvalue weighted by atomic mass is 35.5. The molecule has 0 spiro atoms. The van der Waals surface area contributed by atoms with E-state index >= 15 is 0 Å². The number of halogens is 2. The zero-order chi connectivity index (χ0) is 17.9. The molecule has 2 aromatic rings. The molecule has 0 unspecified atom stereocenters. The quantitative estimate of drug-likeness (QED) is 0.477. The molecule has 0 N–H and O–H groups in total. The molecule has 6 heteroatoms. The smallest absolute Gasteiger partial charge is 0.258 e. The summed E-state index contributed by atoms with van der Waals surface area (Å²) < 4.78 is 0. The Hall–Kier alpha value is -2.35. The summed E-state index contributed by atoms with van der Waals surface area (Å²) in [6, 6.07) is 9.98. The summed E-state index contributed by atoms with van der Waals surface area (Å²) in [6.45, 7) is 4.04. The van der Waals surface area contributed by atoms with Crippen molar-refractivity contribution < 1.29 is 4.92 Å². The van der Waals surface area contributed by atoms with Gasteiger partial charge in [0.05, 0.1) is 26.6 Å². The van der Waals surface area contributed by atoms with Gasteiger partial charge in [0, 0.05) is 17.7 Å². The van der Waals surface area contributed by atoms with Crippen molar-refractivity contribution in [1.82, 2.24) is 0 Å². The predicted octanol–water partition coefficient (Wildman–Crippen LogP) is 6.25. The van der Waals surface area contributed by atoms with Crippen molar-refractivity contribution in [1.29, 1.82) is 5.26 Å². The van der Waals surface area contributed by atoms with Gasteiger partial charge >= 0.3 is 0 Å². The number of benzene rings is 2. The molecule has 0 aromatic heterocycles. The van der Waals surface area contributed by atoms with Gasteiger partial charge in [-0.3, -0.25) is 10.1 Å². The van der Waals surface area contributed by atoms with E-state index in [1.165, 1.54) is 12.1 Å². The minimum Gasteiger partial charge on any atom is -0.258 e. The lowest BCUT2D eigenvalue weighted by Gasteiger charge is -2.09. The molecule has 122 valence electrons. The zero-order valence-corrected chi connectivity index (χ0v) is 14.6. The number of non-ortho nitro benzene ring substituents is 1. The van der Waals surface area contributed by atoms with Gasteiger partial charge in [0.2, 0.25) is 0 Å². The molecular weight excluding hydrogens is 347 g/mol. The van der Waals surface area contributed by atoms with Gasteiger partial charge in [-0.2, -0.15) is 5.26 Å². The molecule has 4 nitrogen and oxygen atoms in total. The van der Waals surface area contributed by atoms with Gasteiger partial charge < -0.3 is 0 Å². The van der Waals surface area contributed by atoms with Crippen LogP contribution in [0.4, 0.5) is 5.69 Å².